The number of cyclic esters (lactones) is 4. The maximum atomic E-state index is 13.3. The molecule has 1 fully saturated rings. The molecule has 1 amide bonds. The minimum atomic E-state index is -1.04. The van der Waals surface area contributed by atoms with Crippen molar-refractivity contribution in [3.63, 3.8) is 0 Å². The number of aliphatic hydroxyl groups is 2. The number of aliphatic hydroxyl groups excluding tert-OH is 2. The molecule has 0 bridgehead atoms. The smallest absolute Gasteiger partial charge is 0.338 e. The highest BCUT2D eigenvalue weighted by Crippen LogP contribution is 2.44. The number of benzene rings is 4. The summed E-state index contributed by atoms with van der Waals surface area (Å²) in [6.45, 7) is 8.06. The molecule has 4 aromatic carbocycles. The summed E-state index contributed by atoms with van der Waals surface area (Å²) < 4.78 is 16.2. The van der Waals surface area contributed by atoms with Crippen molar-refractivity contribution in [1.82, 2.24) is 0 Å². The Hall–Kier alpha value is -7.22. The number of carboxylic acid groups (broad SMARTS) is 1. The number of esters is 4. The van der Waals surface area contributed by atoms with Gasteiger partial charge in [-0.3, -0.25) is 19.2 Å². The quantitative estimate of drug-likeness (QED) is 0.0240. The molecule has 6 N–H and O–H groups in total. The average Bonchev–Trinajstić information content (AvgIpc) is 3.74. The zero-order valence-corrected chi connectivity index (χ0v) is 42.0. The molecule has 0 aromatic heterocycles. The van der Waals surface area contributed by atoms with Gasteiger partial charge in [-0.05, 0) is 97.9 Å². The van der Waals surface area contributed by atoms with E-state index in [-0.39, 0.29) is 55.1 Å². The summed E-state index contributed by atoms with van der Waals surface area (Å²) in [7, 11) is 0. The molecule has 14 heteroatoms. The van der Waals surface area contributed by atoms with Gasteiger partial charge < -0.3 is 40.6 Å². The number of carboxylic acids is 1. The fraction of sp³-hybridized carbons (Fsp3) is 0.414. The first kappa shape index (κ1) is 55.7. The van der Waals surface area contributed by atoms with Gasteiger partial charge in [0.2, 0.25) is 5.91 Å². The highest BCUT2D eigenvalue weighted by atomic mass is 16.6. The molecule has 3 heterocycles. The SMILES string of the molecule is CCC[C@@]1(CCc2ccccc2)CC(O)=C([C@H](CC)c2cccc(N)c2)C(=O)O1.CCC[C@@]1(CCc2ccccc2)CC(O)=C([C@H](CC)c2cccc(NC(=O)CCC(=O)O)c2)C(=O)O1.O=C1CCC(=O)O1. The molecule has 72 heavy (non-hydrogen) atoms. The van der Waals surface area contributed by atoms with E-state index in [2.05, 4.69) is 29.1 Å². The van der Waals surface area contributed by atoms with E-state index in [1.54, 1.807) is 18.2 Å². The summed E-state index contributed by atoms with van der Waals surface area (Å²) in [5.41, 5.74) is 10.4. The van der Waals surface area contributed by atoms with E-state index in [4.69, 9.17) is 20.3 Å². The number of nitrogens with one attached hydrogen (secondary N) is 1. The number of aliphatic carboxylic acids is 1. The number of hydrogen-bond donors (Lipinski definition) is 5. The van der Waals surface area contributed by atoms with Crippen molar-refractivity contribution < 1.29 is 58.3 Å². The van der Waals surface area contributed by atoms with Crippen LogP contribution in [0.25, 0.3) is 0 Å². The Morgan fingerprint density at radius 3 is 1.46 bits per heavy atom. The van der Waals surface area contributed by atoms with E-state index in [1.807, 2.05) is 99.6 Å². The highest BCUT2D eigenvalue weighted by molar-refractivity contribution is 5.94. The van der Waals surface area contributed by atoms with Crippen LogP contribution in [-0.4, -0.2) is 62.3 Å². The lowest BCUT2D eigenvalue weighted by atomic mass is 9.80. The van der Waals surface area contributed by atoms with E-state index in [1.165, 1.54) is 5.56 Å². The number of ether oxygens (including phenoxy) is 3. The predicted molar refractivity (Wildman–Crippen MR) is 275 cm³/mol. The second-order valence-corrected chi connectivity index (χ2v) is 18.7. The minimum absolute atomic E-state index is 0.0653. The first-order chi connectivity index (χ1) is 34.5. The van der Waals surface area contributed by atoms with E-state index in [0.29, 0.717) is 55.5 Å². The van der Waals surface area contributed by atoms with Crippen molar-refractivity contribution in [2.24, 2.45) is 0 Å². The average molecular weight is 987 g/mol. The summed E-state index contributed by atoms with van der Waals surface area (Å²) in [6.07, 6.45) is 8.02. The Morgan fingerprint density at radius 1 is 0.611 bits per heavy atom. The summed E-state index contributed by atoms with van der Waals surface area (Å²) in [4.78, 5) is 69.2. The fourth-order valence-electron chi connectivity index (χ4n) is 9.75. The van der Waals surface area contributed by atoms with Crippen molar-refractivity contribution in [2.45, 2.75) is 153 Å². The lowest BCUT2D eigenvalue weighted by molar-refractivity contribution is -0.162. The topological polar surface area (TPSA) is 229 Å². The van der Waals surface area contributed by atoms with Gasteiger partial charge in [0.15, 0.2) is 0 Å². The number of carbonyl (C=O) groups is 6. The molecular weight excluding hydrogens is 917 g/mol. The summed E-state index contributed by atoms with van der Waals surface area (Å²) in [5.74, 6) is -3.52. The van der Waals surface area contributed by atoms with Crippen LogP contribution in [0.4, 0.5) is 11.4 Å². The fourth-order valence-corrected chi connectivity index (χ4v) is 9.75. The number of nitrogen functional groups attached to an aromatic ring is 1. The van der Waals surface area contributed by atoms with Crippen molar-refractivity contribution >= 4 is 47.1 Å². The lowest BCUT2D eigenvalue weighted by Crippen LogP contribution is -2.41. The molecule has 0 aliphatic carbocycles. The van der Waals surface area contributed by atoms with Gasteiger partial charge in [0.25, 0.3) is 0 Å². The molecule has 0 radical (unpaired) electrons. The Balaban J connectivity index is 0.000000239. The van der Waals surface area contributed by atoms with Crippen molar-refractivity contribution in [1.29, 1.82) is 0 Å². The van der Waals surface area contributed by atoms with E-state index in [9.17, 15) is 39.0 Å². The van der Waals surface area contributed by atoms with E-state index < -0.39 is 52.9 Å². The van der Waals surface area contributed by atoms with Crippen LogP contribution < -0.4 is 11.1 Å². The molecule has 14 nitrogen and oxygen atoms in total. The van der Waals surface area contributed by atoms with Crippen LogP contribution in [0.1, 0.15) is 152 Å². The van der Waals surface area contributed by atoms with Gasteiger partial charge in [-0.2, -0.15) is 0 Å². The third-order valence-corrected chi connectivity index (χ3v) is 13.2. The van der Waals surface area contributed by atoms with Crippen LogP contribution >= 0.6 is 0 Å². The molecule has 384 valence electrons. The number of hydrogen-bond acceptors (Lipinski definition) is 12. The number of anilines is 2. The Labute approximate surface area is 422 Å². The first-order valence-corrected chi connectivity index (χ1v) is 25.1. The number of aryl methyl sites for hydroxylation is 2. The normalized spacial score (nSPS) is 19.4. The minimum Gasteiger partial charge on any atom is -0.512 e. The highest BCUT2D eigenvalue weighted by Gasteiger charge is 2.44. The third-order valence-electron chi connectivity index (χ3n) is 13.2. The Morgan fingerprint density at radius 2 is 1.07 bits per heavy atom. The lowest BCUT2D eigenvalue weighted by Gasteiger charge is -2.38. The molecule has 4 aromatic rings. The van der Waals surface area contributed by atoms with Gasteiger partial charge in [0.1, 0.15) is 22.7 Å². The molecule has 1 saturated heterocycles. The van der Waals surface area contributed by atoms with Crippen LogP contribution in [0.3, 0.4) is 0 Å². The molecule has 4 atom stereocenters. The summed E-state index contributed by atoms with van der Waals surface area (Å²) in [6, 6.07) is 34.8. The van der Waals surface area contributed by atoms with Crippen molar-refractivity contribution in [2.75, 3.05) is 11.1 Å². The summed E-state index contributed by atoms with van der Waals surface area (Å²) in [5, 5.41) is 33.6. The standard InChI is InChI=1S/C29H35NO6.C25H31NO3.C4H4O3/c1-3-16-29(17-15-20-9-6-5-7-10-20)19-24(31)27(28(35)36-29)23(4-2)21-11-8-12-22(18-21)30-25(32)13-14-26(33)34;1-3-14-25(15-13-18-9-6-5-7-10-18)17-22(27)23(24(28)29-25)21(4-2)19-11-8-12-20(26)16-19;5-3-1-2-4(6)7-3/h5-12,18,23,31H,3-4,13-17,19H2,1-2H3,(H,30,32)(H,33,34);5-12,16,21,27H,3-4,13-15,17,26H2,1-2H3;1-2H2/t23-,29-;21-,25-;/m11./s1. The van der Waals surface area contributed by atoms with Crippen LogP contribution in [0.5, 0.6) is 0 Å². The second kappa shape index (κ2) is 26.8. The van der Waals surface area contributed by atoms with Gasteiger partial charge in [0, 0.05) is 42.5 Å². The van der Waals surface area contributed by atoms with E-state index >= 15 is 0 Å². The van der Waals surface area contributed by atoms with Crippen LogP contribution in [-0.2, 0) is 55.8 Å². The molecule has 0 spiro atoms. The summed E-state index contributed by atoms with van der Waals surface area (Å²) >= 11 is 0. The van der Waals surface area contributed by atoms with Crippen LogP contribution in [0, 0.1) is 0 Å². The van der Waals surface area contributed by atoms with Gasteiger partial charge >= 0.3 is 29.8 Å². The van der Waals surface area contributed by atoms with E-state index in [0.717, 1.165) is 48.8 Å². The Bertz CT molecular complexity index is 2560. The van der Waals surface area contributed by atoms with Gasteiger partial charge in [-0.1, -0.05) is 125 Å². The zero-order valence-electron chi connectivity index (χ0n) is 42.0. The zero-order chi connectivity index (χ0) is 52.3. The van der Waals surface area contributed by atoms with Crippen LogP contribution in [0.2, 0.25) is 0 Å². The van der Waals surface area contributed by atoms with Gasteiger partial charge in [-0.25, -0.2) is 9.59 Å². The van der Waals surface area contributed by atoms with Crippen LogP contribution in [0.15, 0.2) is 132 Å². The molecular formula is C58H70N2O12. The number of nitrogens with two attached hydrogens (primary N) is 1. The number of amides is 1. The predicted octanol–water partition coefficient (Wildman–Crippen LogP) is 11.5. The molecule has 3 aliphatic heterocycles. The largest absolute Gasteiger partial charge is 0.512 e. The van der Waals surface area contributed by atoms with Crippen molar-refractivity contribution in [3.8, 4) is 0 Å². The third kappa shape index (κ3) is 15.9. The first-order valence-electron chi connectivity index (χ1n) is 25.1. The molecule has 0 unspecified atom stereocenters. The molecule has 0 saturated carbocycles. The van der Waals surface area contributed by atoms with Gasteiger partial charge in [0.05, 0.1) is 30.4 Å². The maximum absolute atomic E-state index is 13.3. The monoisotopic (exact) mass is 986 g/mol. The number of carbonyl (C=O) groups excluding carboxylic acids is 5. The second-order valence-electron chi connectivity index (χ2n) is 18.7. The molecule has 7 rings (SSSR count). The van der Waals surface area contributed by atoms with Gasteiger partial charge in [-0.15, -0.1) is 0 Å². The maximum Gasteiger partial charge on any atom is 0.338 e. The number of rotatable bonds is 20. The molecule has 3 aliphatic rings. The Kier molecular flexibility index (Phi) is 20.8. The van der Waals surface area contributed by atoms with Crippen molar-refractivity contribution in [3.05, 3.63) is 154 Å².